The van der Waals surface area contributed by atoms with E-state index >= 15 is 0 Å². The monoisotopic (exact) mass is 523 g/mol. The number of carbonyl (C=O) groups is 2. The van der Waals surface area contributed by atoms with Crippen molar-refractivity contribution in [1.29, 1.82) is 0 Å². The summed E-state index contributed by atoms with van der Waals surface area (Å²) in [5.41, 5.74) is 1.91. The summed E-state index contributed by atoms with van der Waals surface area (Å²) in [5.74, 6) is 0.201. The molecule has 13 heteroatoms. The summed E-state index contributed by atoms with van der Waals surface area (Å²) in [6.45, 7) is 0.102. The molecule has 3 heterocycles. The normalized spacial score (nSPS) is 13.0. The maximum atomic E-state index is 12.3. The first kappa shape index (κ1) is 24.1. The van der Waals surface area contributed by atoms with Crippen molar-refractivity contribution >= 4 is 44.8 Å². The van der Waals surface area contributed by atoms with Gasteiger partial charge in [0.2, 0.25) is 22.1 Å². The van der Waals surface area contributed by atoms with Crippen LogP contribution in [0.15, 0.2) is 36.5 Å². The summed E-state index contributed by atoms with van der Waals surface area (Å²) >= 11 is 2.77. The van der Waals surface area contributed by atoms with Gasteiger partial charge in [0.1, 0.15) is 16.6 Å². The van der Waals surface area contributed by atoms with Crippen molar-refractivity contribution in [3.8, 4) is 0 Å². The number of nitrogens with zero attached hydrogens (tertiary/aromatic N) is 7. The third-order valence-electron chi connectivity index (χ3n) is 5.52. The van der Waals surface area contributed by atoms with Gasteiger partial charge in [0, 0.05) is 25.0 Å². The molecule has 4 aromatic rings. The summed E-state index contributed by atoms with van der Waals surface area (Å²) in [4.78, 5) is 24.4. The van der Waals surface area contributed by atoms with Crippen molar-refractivity contribution in [2.75, 3.05) is 10.6 Å². The molecule has 1 aliphatic carbocycles. The topological polar surface area (TPSA) is 140 Å². The van der Waals surface area contributed by atoms with Gasteiger partial charge in [0.25, 0.3) is 0 Å². The van der Waals surface area contributed by atoms with Gasteiger partial charge in [-0.15, -0.1) is 25.5 Å². The van der Waals surface area contributed by atoms with Crippen LogP contribution in [0.3, 0.4) is 0 Å². The lowest BCUT2D eigenvalue weighted by atomic mass is 10.1. The van der Waals surface area contributed by atoms with E-state index in [9.17, 15) is 9.59 Å². The van der Waals surface area contributed by atoms with Crippen LogP contribution >= 0.6 is 22.7 Å². The Hall–Kier alpha value is -3.58. The van der Waals surface area contributed by atoms with Crippen LogP contribution in [-0.2, 0) is 35.4 Å². The Balaban J connectivity index is 0.996. The minimum Gasteiger partial charge on any atom is -0.300 e. The van der Waals surface area contributed by atoms with Crippen molar-refractivity contribution in [2.45, 2.75) is 57.4 Å². The van der Waals surface area contributed by atoms with E-state index in [1.165, 1.54) is 22.7 Å². The fourth-order valence-corrected chi connectivity index (χ4v) is 5.17. The summed E-state index contributed by atoms with van der Waals surface area (Å²) in [6.07, 6.45) is 7.78. The number of carbonyl (C=O) groups excluding carboxylic acids is 2. The van der Waals surface area contributed by atoms with Crippen LogP contribution < -0.4 is 10.6 Å². The third kappa shape index (κ3) is 6.98. The summed E-state index contributed by atoms with van der Waals surface area (Å²) in [6, 6.07) is 9.59. The molecule has 0 spiro atoms. The third-order valence-corrected chi connectivity index (χ3v) is 7.32. The molecule has 0 radical (unpaired) electrons. The van der Waals surface area contributed by atoms with Crippen molar-refractivity contribution in [3.05, 3.63) is 57.8 Å². The van der Waals surface area contributed by atoms with Crippen LogP contribution in [0, 0.1) is 0 Å². The predicted octanol–water partition coefficient (Wildman–Crippen LogP) is 3.24. The predicted molar refractivity (Wildman–Crippen MR) is 136 cm³/mol. The minimum absolute atomic E-state index is 0.102. The molecule has 2 amide bonds. The second kappa shape index (κ2) is 11.4. The molecule has 5 rings (SSSR count). The lowest BCUT2D eigenvalue weighted by Gasteiger charge is -2.00. The summed E-state index contributed by atoms with van der Waals surface area (Å²) in [5, 5.41) is 33.0. The fraction of sp³-hybridized carbons (Fsp3) is 0.391. The molecule has 186 valence electrons. The van der Waals surface area contributed by atoms with E-state index in [1.807, 2.05) is 36.5 Å². The number of hydrogen-bond donors (Lipinski definition) is 2. The zero-order chi connectivity index (χ0) is 24.7. The Morgan fingerprint density at radius 2 is 1.50 bits per heavy atom. The molecule has 1 aliphatic rings. The highest BCUT2D eigenvalue weighted by molar-refractivity contribution is 7.15. The van der Waals surface area contributed by atoms with Gasteiger partial charge >= 0.3 is 0 Å². The first-order valence-electron chi connectivity index (χ1n) is 11.8. The number of anilines is 2. The van der Waals surface area contributed by atoms with Crippen molar-refractivity contribution < 1.29 is 9.59 Å². The van der Waals surface area contributed by atoms with Crippen molar-refractivity contribution in [1.82, 2.24) is 35.4 Å². The van der Waals surface area contributed by atoms with Gasteiger partial charge in [-0.1, -0.05) is 58.2 Å². The standard InChI is InChI=1S/C23H25N9O2S2/c33-18(12-15-6-2-1-3-7-15)24-22-29-27-20(35-22)8-4-5-9-21-28-30-23(36-21)25-19(34)14-32-13-17(26-31-32)16-10-11-16/h1-3,6-7,13,16H,4-5,8-12,14H2,(H,24,29,33)(H,25,30,34). The largest absolute Gasteiger partial charge is 0.300 e. The van der Waals surface area contributed by atoms with Crippen LogP contribution in [0.5, 0.6) is 0 Å². The first-order valence-corrected chi connectivity index (χ1v) is 13.4. The van der Waals surface area contributed by atoms with Gasteiger partial charge in [-0.3, -0.25) is 14.9 Å². The molecule has 1 fully saturated rings. The van der Waals surface area contributed by atoms with E-state index < -0.39 is 0 Å². The summed E-state index contributed by atoms with van der Waals surface area (Å²) < 4.78 is 1.55. The van der Waals surface area contributed by atoms with E-state index in [4.69, 9.17) is 0 Å². The number of aromatic nitrogens is 7. The number of aryl methyl sites for hydroxylation is 2. The Bertz CT molecular complexity index is 1310. The Labute approximate surface area is 215 Å². The number of amides is 2. The van der Waals surface area contributed by atoms with E-state index in [0.29, 0.717) is 22.6 Å². The maximum Gasteiger partial charge on any atom is 0.247 e. The molecular weight excluding hydrogens is 498 g/mol. The molecule has 0 bridgehead atoms. The zero-order valence-corrected chi connectivity index (χ0v) is 21.1. The molecule has 0 atom stereocenters. The number of benzene rings is 1. The van der Waals surface area contributed by atoms with Crippen LogP contribution in [0.1, 0.15) is 52.9 Å². The Morgan fingerprint density at radius 1 is 0.861 bits per heavy atom. The summed E-state index contributed by atoms with van der Waals surface area (Å²) in [7, 11) is 0. The number of hydrogen-bond acceptors (Lipinski definition) is 10. The maximum absolute atomic E-state index is 12.3. The minimum atomic E-state index is -0.201. The lowest BCUT2D eigenvalue weighted by Crippen LogP contribution is -2.19. The van der Waals surface area contributed by atoms with E-state index in [1.54, 1.807) is 4.68 Å². The second-order valence-corrected chi connectivity index (χ2v) is 10.7. The quantitative estimate of drug-likeness (QED) is 0.270. The average molecular weight is 524 g/mol. The van der Waals surface area contributed by atoms with Gasteiger partial charge in [-0.2, -0.15) is 0 Å². The molecule has 3 aromatic heterocycles. The van der Waals surface area contributed by atoms with Gasteiger partial charge < -0.3 is 5.32 Å². The smallest absolute Gasteiger partial charge is 0.247 e. The van der Waals surface area contributed by atoms with Gasteiger partial charge in [-0.25, -0.2) is 4.68 Å². The average Bonchev–Trinajstić information content (AvgIpc) is 3.21. The number of nitrogens with one attached hydrogen (secondary N) is 2. The number of rotatable bonds is 12. The van der Waals surface area contributed by atoms with Crippen molar-refractivity contribution in [2.24, 2.45) is 0 Å². The molecule has 0 unspecified atom stereocenters. The van der Waals surface area contributed by atoms with Gasteiger partial charge in [-0.05, 0) is 31.2 Å². The molecule has 0 aliphatic heterocycles. The van der Waals surface area contributed by atoms with E-state index in [0.717, 1.165) is 59.8 Å². The van der Waals surface area contributed by atoms with Crippen molar-refractivity contribution in [3.63, 3.8) is 0 Å². The fourth-order valence-electron chi connectivity index (χ4n) is 3.57. The number of unbranched alkanes of at least 4 members (excludes halogenated alkanes) is 1. The SMILES string of the molecule is O=C(Cc1ccccc1)Nc1nnc(CCCCc2nnc(NC(=O)Cn3cc(C4CC4)nn3)s2)s1. The van der Waals surface area contributed by atoms with E-state index in [-0.39, 0.29) is 18.4 Å². The second-order valence-electron chi connectivity index (χ2n) is 8.58. The molecule has 36 heavy (non-hydrogen) atoms. The molecule has 1 saturated carbocycles. The highest BCUT2D eigenvalue weighted by Gasteiger charge is 2.26. The van der Waals surface area contributed by atoms with E-state index in [2.05, 4.69) is 41.3 Å². The van der Waals surface area contributed by atoms with Gasteiger partial charge in [0.15, 0.2) is 0 Å². The van der Waals surface area contributed by atoms with Crippen LogP contribution in [0.2, 0.25) is 0 Å². The highest BCUT2D eigenvalue weighted by Crippen LogP contribution is 2.38. The van der Waals surface area contributed by atoms with Crippen LogP contribution in [0.4, 0.5) is 10.3 Å². The lowest BCUT2D eigenvalue weighted by molar-refractivity contribution is -0.117. The first-order chi connectivity index (χ1) is 17.6. The molecule has 0 saturated heterocycles. The van der Waals surface area contributed by atoms with Crippen LogP contribution in [0.25, 0.3) is 0 Å². The highest BCUT2D eigenvalue weighted by atomic mass is 32.1. The zero-order valence-electron chi connectivity index (χ0n) is 19.5. The Kier molecular flexibility index (Phi) is 7.67. The van der Waals surface area contributed by atoms with Crippen LogP contribution in [-0.4, -0.2) is 47.2 Å². The molecular formula is C23H25N9O2S2. The molecule has 1 aromatic carbocycles. The Morgan fingerprint density at radius 3 is 2.14 bits per heavy atom. The molecule has 11 nitrogen and oxygen atoms in total. The molecule has 2 N–H and O–H groups in total. The van der Waals surface area contributed by atoms with Gasteiger partial charge in [0.05, 0.1) is 12.1 Å².